The summed E-state index contributed by atoms with van der Waals surface area (Å²) in [6.07, 6.45) is 3.32. The molecule has 6 heteroatoms. The van der Waals surface area contributed by atoms with E-state index < -0.39 is 0 Å². The van der Waals surface area contributed by atoms with Crippen molar-refractivity contribution in [2.24, 2.45) is 9.98 Å². The van der Waals surface area contributed by atoms with Gasteiger partial charge in [-0.2, -0.15) is 5.26 Å². The Morgan fingerprint density at radius 3 is 2.17 bits per heavy atom. The molecular formula is C17H14Cl2N4. The van der Waals surface area contributed by atoms with Gasteiger partial charge in [-0.1, -0.05) is 35.3 Å². The molecule has 0 aliphatic heterocycles. The van der Waals surface area contributed by atoms with Gasteiger partial charge in [0.05, 0.1) is 33.7 Å². The highest BCUT2D eigenvalue weighted by atomic mass is 35.5. The Labute approximate surface area is 145 Å². The molecule has 0 unspecified atom stereocenters. The molecular weight excluding hydrogens is 331 g/mol. The zero-order valence-electron chi connectivity index (χ0n) is 12.7. The van der Waals surface area contributed by atoms with E-state index in [0.29, 0.717) is 27.0 Å². The van der Waals surface area contributed by atoms with Gasteiger partial charge in [-0.05, 0) is 29.8 Å². The average molecular weight is 345 g/mol. The first-order valence-electron chi connectivity index (χ1n) is 6.73. The maximum Gasteiger partial charge on any atom is 0.102 e. The molecule has 0 amide bonds. The summed E-state index contributed by atoms with van der Waals surface area (Å²) in [6.45, 7) is 0. The monoisotopic (exact) mass is 344 g/mol. The molecule has 0 radical (unpaired) electrons. The van der Waals surface area contributed by atoms with Gasteiger partial charge in [0, 0.05) is 20.3 Å². The van der Waals surface area contributed by atoms with Crippen LogP contribution in [0.2, 0.25) is 10.0 Å². The Kier molecular flexibility index (Phi) is 5.75. The van der Waals surface area contributed by atoms with E-state index in [4.69, 9.17) is 28.5 Å². The molecule has 116 valence electrons. The van der Waals surface area contributed by atoms with Gasteiger partial charge in [-0.15, -0.1) is 0 Å². The maximum absolute atomic E-state index is 8.77. The molecule has 2 aromatic carbocycles. The van der Waals surface area contributed by atoms with Crippen molar-refractivity contribution in [1.29, 1.82) is 5.26 Å². The van der Waals surface area contributed by atoms with Crippen molar-refractivity contribution in [2.75, 3.05) is 14.1 Å². The van der Waals surface area contributed by atoms with Gasteiger partial charge < -0.3 is 4.90 Å². The molecule has 0 aromatic heterocycles. The highest BCUT2D eigenvalue weighted by Gasteiger charge is 2.06. The minimum atomic E-state index is 0.433. The highest BCUT2D eigenvalue weighted by Crippen LogP contribution is 2.36. The summed E-state index contributed by atoms with van der Waals surface area (Å²) in [5.41, 5.74) is 2.63. The molecule has 0 aliphatic rings. The first-order valence-corrected chi connectivity index (χ1v) is 7.49. The van der Waals surface area contributed by atoms with E-state index in [0.717, 1.165) is 5.56 Å². The number of nitrogens with zero attached hydrogens (tertiary/aromatic N) is 4. The van der Waals surface area contributed by atoms with Crippen molar-refractivity contribution < 1.29 is 0 Å². The lowest BCUT2D eigenvalue weighted by atomic mass is 10.2. The molecule has 0 saturated carbocycles. The second kappa shape index (κ2) is 7.77. The van der Waals surface area contributed by atoms with Crippen LogP contribution in [0.1, 0.15) is 11.1 Å². The fourth-order valence-corrected chi connectivity index (χ4v) is 2.29. The summed E-state index contributed by atoms with van der Waals surface area (Å²) in [5.74, 6) is 0. The van der Waals surface area contributed by atoms with E-state index in [9.17, 15) is 0 Å². The van der Waals surface area contributed by atoms with Gasteiger partial charge >= 0.3 is 0 Å². The maximum atomic E-state index is 8.77. The second-order valence-corrected chi connectivity index (χ2v) is 5.77. The number of hydrogen-bond acceptors (Lipinski definition) is 3. The Morgan fingerprint density at radius 1 is 1.04 bits per heavy atom. The van der Waals surface area contributed by atoms with Gasteiger partial charge in [-0.3, -0.25) is 4.99 Å². The quantitative estimate of drug-likeness (QED) is 0.588. The third-order valence-corrected chi connectivity index (χ3v) is 3.40. The van der Waals surface area contributed by atoms with Gasteiger partial charge in [0.25, 0.3) is 0 Å². The van der Waals surface area contributed by atoms with Crippen molar-refractivity contribution in [2.45, 2.75) is 0 Å². The van der Waals surface area contributed by atoms with Gasteiger partial charge in [0.1, 0.15) is 5.69 Å². The van der Waals surface area contributed by atoms with Gasteiger partial charge in [0.2, 0.25) is 0 Å². The minimum Gasteiger partial charge on any atom is -0.369 e. The van der Waals surface area contributed by atoms with E-state index in [2.05, 4.69) is 16.1 Å². The topological polar surface area (TPSA) is 51.8 Å². The van der Waals surface area contributed by atoms with E-state index in [1.54, 1.807) is 41.7 Å². The predicted octanol–water partition coefficient (Wildman–Crippen LogP) is 4.84. The zero-order chi connectivity index (χ0) is 16.8. The van der Waals surface area contributed by atoms with Crippen LogP contribution in [0.15, 0.2) is 46.4 Å². The minimum absolute atomic E-state index is 0.433. The van der Waals surface area contributed by atoms with Crippen molar-refractivity contribution in [3.8, 4) is 6.07 Å². The molecule has 0 saturated heterocycles. The van der Waals surface area contributed by atoms with E-state index in [-0.39, 0.29) is 0 Å². The lowest BCUT2D eigenvalue weighted by molar-refractivity contribution is 0.643. The number of aliphatic imine (C=N–C) groups is 2. The van der Waals surface area contributed by atoms with Gasteiger partial charge in [-0.25, -0.2) is 4.99 Å². The summed E-state index contributed by atoms with van der Waals surface area (Å²) in [5, 5.41) is 9.64. The predicted molar refractivity (Wildman–Crippen MR) is 96.7 cm³/mol. The van der Waals surface area contributed by atoms with E-state index >= 15 is 0 Å². The van der Waals surface area contributed by atoms with E-state index in [1.165, 1.54) is 0 Å². The summed E-state index contributed by atoms with van der Waals surface area (Å²) in [7, 11) is 3.73. The van der Waals surface area contributed by atoms with Crippen LogP contribution in [-0.4, -0.2) is 31.5 Å². The van der Waals surface area contributed by atoms with Gasteiger partial charge in [0.15, 0.2) is 0 Å². The lowest BCUT2D eigenvalue weighted by Gasteiger charge is -2.06. The highest BCUT2D eigenvalue weighted by molar-refractivity contribution is 6.39. The number of nitriles is 1. The third-order valence-electron chi connectivity index (χ3n) is 2.82. The van der Waals surface area contributed by atoms with Crippen LogP contribution in [-0.2, 0) is 0 Å². The van der Waals surface area contributed by atoms with Crippen molar-refractivity contribution in [3.63, 3.8) is 0 Å². The normalized spacial score (nSPS) is 11.1. The van der Waals surface area contributed by atoms with Crippen LogP contribution < -0.4 is 0 Å². The Bertz CT molecular complexity index is 764. The molecule has 0 heterocycles. The fraction of sp³-hybridized carbons (Fsp3) is 0.118. The molecule has 0 N–H and O–H groups in total. The van der Waals surface area contributed by atoms with Crippen LogP contribution in [0, 0.1) is 11.3 Å². The molecule has 0 fully saturated rings. The van der Waals surface area contributed by atoms with Crippen LogP contribution in [0.25, 0.3) is 0 Å². The summed E-state index contributed by atoms with van der Waals surface area (Å²) >= 11 is 12.4. The van der Waals surface area contributed by atoms with Crippen LogP contribution in [0.3, 0.4) is 0 Å². The molecule has 0 bridgehead atoms. The number of halogens is 2. The third kappa shape index (κ3) is 4.82. The van der Waals surface area contributed by atoms with Crippen LogP contribution in [0.5, 0.6) is 0 Å². The Morgan fingerprint density at radius 2 is 1.65 bits per heavy atom. The Balaban J connectivity index is 2.24. The van der Waals surface area contributed by atoms with Crippen molar-refractivity contribution in [1.82, 2.24) is 4.90 Å². The molecule has 2 rings (SSSR count). The second-order valence-electron chi connectivity index (χ2n) is 4.96. The molecule has 0 aliphatic carbocycles. The van der Waals surface area contributed by atoms with Crippen molar-refractivity contribution in [3.05, 3.63) is 57.6 Å². The molecule has 0 atom stereocenters. The fourth-order valence-electron chi connectivity index (χ4n) is 1.72. The molecule has 23 heavy (non-hydrogen) atoms. The zero-order valence-corrected chi connectivity index (χ0v) is 14.2. The Hall–Kier alpha value is -2.35. The number of rotatable bonds is 4. The molecule has 2 aromatic rings. The first kappa shape index (κ1) is 17.0. The molecule has 4 nitrogen and oxygen atoms in total. The smallest absolute Gasteiger partial charge is 0.102 e. The van der Waals surface area contributed by atoms with Crippen molar-refractivity contribution >= 4 is 47.1 Å². The van der Waals surface area contributed by atoms with Crippen LogP contribution >= 0.6 is 23.2 Å². The van der Waals surface area contributed by atoms with E-state index in [1.807, 2.05) is 26.2 Å². The number of benzene rings is 2. The SMILES string of the molecule is CN(C)C=Nc1c(Cl)cc(N=Cc2ccc(C#N)cc2)cc1Cl. The summed E-state index contributed by atoms with van der Waals surface area (Å²) in [4.78, 5) is 10.4. The number of hydrogen-bond donors (Lipinski definition) is 0. The van der Waals surface area contributed by atoms with Crippen LogP contribution in [0.4, 0.5) is 11.4 Å². The standard InChI is InChI=1S/C17H14Cl2N4/c1-23(2)11-22-17-15(18)7-14(8-16(17)19)21-10-13-5-3-12(9-20)4-6-13/h3-8,10-11H,1-2H3. The first-order chi connectivity index (χ1) is 11.0. The largest absolute Gasteiger partial charge is 0.369 e. The summed E-state index contributed by atoms with van der Waals surface area (Å²) in [6, 6.07) is 12.6. The lowest BCUT2D eigenvalue weighted by Crippen LogP contribution is -2.07. The summed E-state index contributed by atoms with van der Waals surface area (Å²) < 4.78 is 0. The average Bonchev–Trinajstić information content (AvgIpc) is 2.52. The molecule has 0 spiro atoms.